The van der Waals surface area contributed by atoms with Gasteiger partial charge in [-0.2, -0.15) is 0 Å². The largest absolute Gasteiger partial charge is 0.508 e. The summed E-state index contributed by atoms with van der Waals surface area (Å²) in [5.74, 6) is -1.25. The molecular formula is C25H25BrN4O5. The molecule has 4 rings (SSSR count). The number of carbonyl (C=O) groups excluding carboxylic acids is 3. The van der Waals surface area contributed by atoms with Crippen LogP contribution in [-0.4, -0.2) is 52.8 Å². The summed E-state index contributed by atoms with van der Waals surface area (Å²) >= 11 is 3.37. The van der Waals surface area contributed by atoms with Gasteiger partial charge in [-0.15, -0.1) is 0 Å². The first-order chi connectivity index (χ1) is 16.8. The predicted octanol–water partition coefficient (Wildman–Crippen LogP) is 2.22. The predicted molar refractivity (Wildman–Crippen MR) is 132 cm³/mol. The van der Waals surface area contributed by atoms with E-state index >= 15 is 0 Å². The normalized spacial score (nSPS) is 18.2. The van der Waals surface area contributed by atoms with Crippen LogP contribution in [0.25, 0.3) is 0 Å². The maximum absolute atomic E-state index is 12.8. The van der Waals surface area contributed by atoms with E-state index in [0.29, 0.717) is 31.5 Å². The van der Waals surface area contributed by atoms with Gasteiger partial charge in [-0.25, -0.2) is 9.79 Å². The van der Waals surface area contributed by atoms with Crippen molar-refractivity contribution in [3.05, 3.63) is 76.0 Å². The van der Waals surface area contributed by atoms with E-state index in [1.165, 1.54) is 12.1 Å². The van der Waals surface area contributed by atoms with Gasteiger partial charge in [-0.1, -0.05) is 28.1 Å². The lowest BCUT2D eigenvalue weighted by atomic mass is 9.95. The molecule has 9 nitrogen and oxygen atoms in total. The number of nitrogens with two attached hydrogens (primary N) is 1. The zero-order valence-electron chi connectivity index (χ0n) is 18.8. The Bertz CT molecular complexity index is 1170. The molecule has 4 N–H and O–H groups in total. The van der Waals surface area contributed by atoms with E-state index in [1.54, 1.807) is 18.3 Å². The number of hydrogen-bond acceptors (Lipinski definition) is 7. The van der Waals surface area contributed by atoms with E-state index in [-0.39, 0.29) is 35.6 Å². The smallest absolute Gasteiger partial charge is 0.365 e. The highest BCUT2D eigenvalue weighted by molar-refractivity contribution is 9.10. The summed E-state index contributed by atoms with van der Waals surface area (Å²) in [5, 5.41) is 12.2. The van der Waals surface area contributed by atoms with Gasteiger partial charge in [0.2, 0.25) is 17.7 Å². The number of benzene rings is 2. The Morgan fingerprint density at radius 2 is 1.83 bits per heavy atom. The second kappa shape index (κ2) is 10.7. The summed E-state index contributed by atoms with van der Waals surface area (Å²) in [6, 6.07) is 12.9. The van der Waals surface area contributed by atoms with E-state index in [9.17, 15) is 19.5 Å². The monoisotopic (exact) mass is 540 g/mol. The van der Waals surface area contributed by atoms with Gasteiger partial charge >= 0.3 is 5.97 Å². The van der Waals surface area contributed by atoms with Gasteiger partial charge in [-0.3, -0.25) is 9.59 Å². The Kier molecular flexibility index (Phi) is 7.50. The van der Waals surface area contributed by atoms with Crippen molar-refractivity contribution in [2.24, 2.45) is 16.6 Å². The number of nitrogens with one attached hydrogen (secondary N) is 1. The van der Waals surface area contributed by atoms with Crippen molar-refractivity contribution >= 4 is 39.6 Å². The van der Waals surface area contributed by atoms with E-state index in [4.69, 9.17) is 10.5 Å². The summed E-state index contributed by atoms with van der Waals surface area (Å²) in [5.41, 5.74) is 7.20. The number of rotatable bonds is 7. The number of amides is 2. The lowest BCUT2D eigenvalue weighted by Crippen LogP contribution is -2.49. The highest BCUT2D eigenvalue weighted by Gasteiger charge is 2.29. The Morgan fingerprint density at radius 1 is 1.17 bits per heavy atom. The number of ether oxygens (including phenoxy) is 1. The summed E-state index contributed by atoms with van der Waals surface area (Å²) in [4.78, 5) is 43.2. The number of aromatic hydroxyl groups is 1. The molecule has 2 heterocycles. The van der Waals surface area contributed by atoms with Crippen molar-refractivity contribution in [3.8, 4) is 5.75 Å². The lowest BCUT2D eigenvalue weighted by Gasteiger charge is -2.31. The second-order valence-electron chi connectivity index (χ2n) is 8.47. The number of piperidine rings is 1. The highest BCUT2D eigenvalue weighted by atomic mass is 79.9. The number of likely N-dealkylation sites (tertiary alicyclic amines) is 1. The van der Waals surface area contributed by atoms with E-state index in [1.807, 2.05) is 29.2 Å². The average molecular weight is 541 g/mol. The Morgan fingerprint density at radius 3 is 2.46 bits per heavy atom. The summed E-state index contributed by atoms with van der Waals surface area (Å²) in [7, 11) is 0. The molecule has 35 heavy (non-hydrogen) atoms. The second-order valence-corrected chi connectivity index (χ2v) is 9.39. The van der Waals surface area contributed by atoms with Crippen molar-refractivity contribution in [3.63, 3.8) is 0 Å². The zero-order chi connectivity index (χ0) is 24.9. The Labute approximate surface area is 210 Å². The van der Waals surface area contributed by atoms with Crippen LogP contribution in [-0.2, 0) is 25.5 Å². The molecule has 1 atom stereocenters. The maximum atomic E-state index is 12.8. The molecule has 1 fully saturated rings. The molecule has 0 unspecified atom stereocenters. The first-order valence-corrected chi connectivity index (χ1v) is 12.0. The molecule has 0 radical (unpaired) electrons. The van der Waals surface area contributed by atoms with Gasteiger partial charge in [0.1, 0.15) is 11.8 Å². The van der Waals surface area contributed by atoms with Crippen LogP contribution in [0.15, 0.2) is 69.9 Å². The van der Waals surface area contributed by atoms with Gasteiger partial charge in [0.15, 0.2) is 5.70 Å². The van der Waals surface area contributed by atoms with Gasteiger partial charge in [0.05, 0.1) is 0 Å². The standard InChI is InChI=1S/C25H25BrN4O5/c26-18-5-3-17(4-6-18)24-29-21(25(34)35-24)14-30-11-9-16(10-12-30)23(33)28-20(22(27)32)13-15-1-7-19(31)8-2-15/h1-8,14,16,20,31H,9-13H2,(H2,27,32)(H,28,33)/b21-14-/t20-/m0/s1. The molecular weight excluding hydrogens is 516 g/mol. The summed E-state index contributed by atoms with van der Waals surface area (Å²) < 4.78 is 6.21. The van der Waals surface area contributed by atoms with Crippen LogP contribution in [0, 0.1) is 5.92 Å². The number of nitrogens with zero attached hydrogens (tertiary/aromatic N) is 2. The molecule has 2 aromatic rings. The van der Waals surface area contributed by atoms with E-state index < -0.39 is 17.9 Å². The first-order valence-electron chi connectivity index (χ1n) is 11.2. The van der Waals surface area contributed by atoms with Crippen LogP contribution >= 0.6 is 15.9 Å². The molecule has 2 aliphatic rings. The van der Waals surface area contributed by atoms with Crippen molar-refractivity contribution in [2.45, 2.75) is 25.3 Å². The van der Waals surface area contributed by atoms with Crippen LogP contribution in [0.3, 0.4) is 0 Å². The number of esters is 1. The number of carbonyl (C=O) groups is 3. The third-order valence-corrected chi connectivity index (χ3v) is 6.48. The first kappa shape index (κ1) is 24.5. The minimum atomic E-state index is -0.841. The van der Waals surface area contributed by atoms with Crippen LogP contribution in [0.1, 0.15) is 24.0 Å². The number of cyclic esters (lactones) is 1. The van der Waals surface area contributed by atoms with Crippen LogP contribution in [0.4, 0.5) is 0 Å². The van der Waals surface area contributed by atoms with Crippen molar-refractivity contribution in [1.82, 2.24) is 10.2 Å². The van der Waals surface area contributed by atoms with Gasteiger partial charge in [-0.05, 0) is 54.8 Å². The van der Waals surface area contributed by atoms with Gasteiger partial charge in [0.25, 0.3) is 0 Å². The minimum absolute atomic E-state index is 0.122. The minimum Gasteiger partial charge on any atom is -0.508 e. The quantitative estimate of drug-likeness (QED) is 0.364. The third-order valence-electron chi connectivity index (χ3n) is 5.95. The van der Waals surface area contributed by atoms with E-state index in [0.717, 1.165) is 10.0 Å². The number of phenolic OH excluding ortho intramolecular Hbond substituents is 1. The van der Waals surface area contributed by atoms with Crippen molar-refractivity contribution in [2.75, 3.05) is 13.1 Å². The molecule has 0 spiro atoms. The molecule has 2 aliphatic heterocycles. The molecule has 1 saturated heterocycles. The fraction of sp³-hybridized carbons (Fsp3) is 0.280. The molecule has 2 amide bonds. The Hall–Kier alpha value is -3.66. The highest BCUT2D eigenvalue weighted by Crippen LogP contribution is 2.22. The van der Waals surface area contributed by atoms with Gasteiger partial charge < -0.3 is 25.8 Å². The average Bonchev–Trinajstić information content (AvgIpc) is 3.20. The number of hydrogen-bond donors (Lipinski definition) is 3. The molecule has 0 saturated carbocycles. The fourth-order valence-electron chi connectivity index (χ4n) is 3.96. The maximum Gasteiger partial charge on any atom is 0.365 e. The summed E-state index contributed by atoms with van der Waals surface area (Å²) in [6.07, 6.45) is 3.02. The van der Waals surface area contributed by atoms with Gasteiger partial charge in [0, 0.05) is 41.7 Å². The summed E-state index contributed by atoms with van der Waals surface area (Å²) in [6.45, 7) is 1.11. The molecule has 182 valence electrons. The number of primary amides is 1. The SMILES string of the molecule is NC(=O)[C@H](Cc1ccc(O)cc1)NC(=O)C1CCN(/C=C2\N=C(c3ccc(Br)cc3)OC2=O)CC1. The number of halogens is 1. The molecule has 2 aromatic carbocycles. The van der Waals surface area contributed by atoms with Crippen LogP contribution in [0.5, 0.6) is 5.75 Å². The molecule has 0 aliphatic carbocycles. The third kappa shape index (κ3) is 6.27. The van der Waals surface area contributed by atoms with Crippen LogP contribution < -0.4 is 11.1 Å². The Balaban J connectivity index is 1.32. The van der Waals surface area contributed by atoms with E-state index in [2.05, 4.69) is 26.2 Å². The van der Waals surface area contributed by atoms with Crippen molar-refractivity contribution in [1.29, 1.82) is 0 Å². The molecule has 0 bridgehead atoms. The number of phenols is 1. The fourth-order valence-corrected chi connectivity index (χ4v) is 4.22. The topological polar surface area (TPSA) is 134 Å². The molecule has 10 heteroatoms. The number of aliphatic imine (C=N–C) groups is 1. The molecule has 0 aromatic heterocycles. The van der Waals surface area contributed by atoms with Crippen LogP contribution in [0.2, 0.25) is 0 Å². The zero-order valence-corrected chi connectivity index (χ0v) is 20.4. The lowest BCUT2D eigenvalue weighted by molar-refractivity contribution is -0.131. The van der Waals surface area contributed by atoms with Crippen molar-refractivity contribution < 1.29 is 24.2 Å².